The molecule has 0 spiro atoms. The molecule has 5 nitrogen and oxygen atoms in total. The Labute approximate surface area is 188 Å². The maximum atomic E-state index is 13.8. The van der Waals surface area contributed by atoms with Gasteiger partial charge in [0.05, 0.1) is 12.2 Å². The molecule has 1 aliphatic rings. The third-order valence-electron chi connectivity index (χ3n) is 5.67. The summed E-state index contributed by atoms with van der Waals surface area (Å²) in [5.41, 5.74) is 2.59. The molecule has 0 unspecified atom stereocenters. The van der Waals surface area contributed by atoms with Gasteiger partial charge in [-0.2, -0.15) is 18.3 Å². The van der Waals surface area contributed by atoms with Crippen molar-refractivity contribution >= 4 is 23.3 Å². The molecule has 0 fully saturated rings. The Morgan fingerprint density at radius 1 is 1.22 bits per heavy atom. The Hall–Kier alpha value is -3.00. The molecule has 2 aromatic carbocycles. The van der Waals surface area contributed by atoms with Crippen LogP contribution in [0.3, 0.4) is 0 Å². The summed E-state index contributed by atoms with van der Waals surface area (Å²) in [7, 11) is 0. The molecule has 9 heteroatoms. The molecular weight excluding hydrogens is 441 g/mol. The van der Waals surface area contributed by atoms with E-state index in [1.54, 1.807) is 24.3 Å². The third kappa shape index (κ3) is 4.46. The number of aromatic nitrogens is 2. The number of benzene rings is 2. The summed E-state index contributed by atoms with van der Waals surface area (Å²) in [6.45, 7) is 2.16. The van der Waals surface area contributed by atoms with Gasteiger partial charge >= 0.3 is 6.18 Å². The van der Waals surface area contributed by atoms with Crippen molar-refractivity contribution in [1.82, 2.24) is 15.1 Å². The molecule has 1 aromatic heterocycles. The van der Waals surface area contributed by atoms with Crippen LogP contribution in [-0.2, 0) is 13.0 Å². The molecule has 2 atom stereocenters. The first-order valence-electron chi connectivity index (χ1n) is 10.3. The van der Waals surface area contributed by atoms with E-state index in [4.69, 9.17) is 11.6 Å². The quantitative estimate of drug-likeness (QED) is 0.512. The number of nitrogens with zero attached hydrogens (tertiary/aromatic N) is 2. The molecule has 0 saturated heterocycles. The first kappa shape index (κ1) is 22.2. The molecule has 32 heavy (non-hydrogen) atoms. The number of carbonyl (C=O) groups is 1. The van der Waals surface area contributed by atoms with Crippen LogP contribution in [0.2, 0.25) is 5.02 Å². The van der Waals surface area contributed by atoms with Crippen LogP contribution in [0.5, 0.6) is 0 Å². The summed E-state index contributed by atoms with van der Waals surface area (Å²) in [6.07, 6.45) is -2.71. The minimum atomic E-state index is -4.50. The summed E-state index contributed by atoms with van der Waals surface area (Å²) >= 11 is 6.12. The van der Waals surface area contributed by atoms with Crippen LogP contribution in [0.4, 0.5) is 19.0 Å². The number of hydrogen-bond donors (Lipinski definition) is 2. The number of fused-ring (bicyclic) bond motifs is 1. The average molecular weight is 463 g/mol. The summed E-state index contributed by atoms with van der Waals surface area (Å²) in [6, 6.07) is 12.1. The highest BCUT2D eigenvalue weighted by Gasteiger charge is 2.47. The van der Waals surface area contributed by atoms with Gasteiger partial charge in [0.2, 0.25) is 0 Å². The zero-order valence-corrected chi connectivity index (χ0v) is 18.0. The van der Waals surface area contributed by atoms with Gasteiger partial charge in [-0.15, -0.1) is 0 Å². The number of hydrogen-bond acceptors (Lipinski definition) is 3. The summed E-state index contributed by atoms with van der Waals surface area (Å²) in [4.78, 5) is 12.8. The zero-order chi connectivity index (χ0) is 22.9. The van der Waals surface area contributed by atoms with Gasteiger partial charge < -0.3 is 10.6 Å². The molecule has 3 aromatic rings. The van der Waals surface area contributed by atoms with Gasteiger partial charge in [0, 0.05) is 18.0 Å². The second-order valence-electron chi connectivity index (χ2n) is 7.71. The minimum Gasteiger partial charge on any atom is -0.363 e. The van der Waals surface area contributed by atoms with E-state index >= 15 is 0 Å². The Kier molecular flexibility index (Phi) is 6.15. The van der Waals surface area contributed by atoms with E-state index in [0.717, 1.165) is 22.2 Å². The van der Waals surface area contributed by atoms with E-state index in [1.165, 1.54) is 6.20 Å². The molecule has 0 bridgehead atoms. The lowest BCUT2D eigenvalue weighted by atomic mass is 9.95. The molecule has 4 rings (SSSR count). The van der Waals surface area contributed by atoms with Gasteiger partial charge in [-0.05, 0) is 29.2 Å². The van der Waals surface area contributed by atoms with Crippen LogP contribution in [0.1, 0.15) is 52.5 Å². The van der Waals surface area contributed by atoms with E-state index in [1.807, 2.05) is 31.2 Å². The predicted octanol–water partition coefficient (Wildman–Crippen LogP) is 5.69. The van der Waals surface area contributed by atoms with Crippen molar-refractivity contribution in [3.8, 4) is 0 Å². The minimum absolute atomic E-state index is 0.0554. The smallest absolute Gasteiger partial charge is 0.363 e. The molecule has 0 aliphatic carbocycles. The number of anilines is 1. The van der Waals surface area contributed by atoms with Crippen molar-refractivity contribution in [2.24, 2.45) is 0 Å². The van der Waals surface area contributed by atoms with Gasteiger partial charge in [0.25, 0.3) is 5.91 Å². The molecule has 1 aliphatic heterocycles. The predicted molar refractivity (Wildman–Crippen MR) is 117 cm³/mol. The fourth-order valence-electron chi connectivity index (χ4n) is 3.85. The second kappa shape index (κ2) is 8.86. The number of aryl methyl sites for hydroxylation is 1. The van der Waals surface area contributed by atoms with Crippen LogP contribution in [0, 0.1) is 0 Å². The SMILES string of the molecule is CCc1ccc([C@@H]2C[C@H](C(F)(F)F)n3ncc(C(=O)NCc4ccccc4Cl)c3N2)cc1. The van der Waals surface area contributed by atoms with Crippen molar-refractivity contribution in [3.05, 3.63) is 82.0 Å². The van der Waals surface area contributed by atoms with Crippen molar-refractivity contribution in [3.63, 3.8) is 0 Å². The Balaban J connectivity index is 1.61. The van der Waals surface area contributed by atoms with Crippen molar-refractivity contribution in [2.45, 2.75) is 44.6 Å². The molecule has 0 radical (unpaired) electrons. The van der Waals surface area contributed by atoms with Crippen molar-refractivity contribution < 1.29 is 18.0 Å². The van der Waals surface area contributed by atoms with Crippen LogP contribution in [0.15, 0.2) is 54.7 Å². The van der Waals surface area contributed by atoms with Gasteiger partial charge in [-0.3, -0.25) is 4.79 Å². The molecule has 168 valence electrons. The maximum Gasteiger partial charge on any atom is 0.410 e. The lowest BCUT2D eigenvalue weighted by Gasteiger charge is -2.34. The van der Waals surface area contributed by atoms with E-state index in [0.29, 0.717) is 10.6 Å². The Morgan fingerprint density at radius 3 is 2.59 bits per heavy atom. The van der Waals surface area contributed by atoms with Crippen LogP contribution >= 0.6 is 11.6 Å². The fraction of sp³-hybridized carbons (Fsp3) is 0.304. The lowest BCUT2D eigenvalue weighted by molar-refractivity contribution is -0.173. The van der Waals surface area contributed by atoms with Crippen LogP contribution in [-0.4, -0.2) is 21.9 Å². The van der Waals surface area contributed by atoms with Crippen molar-refractivity contribution in [1.29, 1.82) is 0 Å². The first-order valence-corrected chi connectivity index (χ1v) is 10.7. The largest absolute Gasteiger partial charge is 0.410 e. The first-order chi connectivity index (χ1) is 15.3. The highest BCUT2D eigenvalue weighted by molar-refractivity contribution is 6.31. The summed E-state index contributed by atoms with van der Waals surface area (Å²) in [5, 5.41) is 10.2. The number of rotatable bonds is 5. The normalized spacial score (nSPS) is 18.0. The van der Waals surface area contributed by atoms with E-state index in [-0.39, 0.29) is 24.3 Å². The van der Waals surface area contributed by atoms with Gasteiger partial charge in [-0.25, -0.2) is 4.68 Å². The standard InChI is InChI=1S/C23H22ClF3N4O/c1-2-14-7-9-15(10-8-14)19-11-20(23(25,26)27)31-21(30-19)17(13-29-31)22(32)28-12-16-5-3-4-6-18(16)24/h3-10,13,19-20,30H,2,11-12H2,1H3,(H,28,32)/t19-,20+/m0/s1. The number of alkyl halides is 3. The average Bonchev–Trinajstić information content (AvgIpc) is 3.21. The van der Waals surface area contributed by atoms with E-state index in [9.17, 15) is 18.0 Å². The topological polar surface area (TPSA) is 59.0 Å². The number of carbonyl (C=O) groups excluding carboxylic acids is 1. The number of halogens is 4. The van der Waals surface area contributed by atoms with E-state index < -0.39 is 24.2 Å². The zero-order valence-electron chi connectivity index (χ0n) is 17.3. The second-order valence-corrected chi connectivity index (χ2v) is 8.12. The highest BCUT2D eigenvalue weighted by atomic mass is 35.5. The summed E-state index contributed by atoms with van der Waals surface area (Å²) in [5.74, 6) is -0.471. The van der Waals surface area contributed by atoms with Gasteiger partial charge in [0.1, 0.15) is 11.4 Å². The molecule has 2 heterocycles. The monoisotopic (exact) mass is 462 g/mol. The number of amides is 1. The maximum absolute atomic E-state index is 13.8. The number of nitrogens with one attached hydrogen (secondary N) is 2. The Morgan fingerprint density at radius 2 is 1.94 bits per heavy atom. The summed E-state index contributed by atoms with van der Waals surface area (Å²) < 4.78 is 42.4. The lowest BCUT2D eigenvalue weighted by Crippen LogP contribution is -2.36. The van der Waals surface area contributed by atoms with E-state index in [2.05, 4.69) is 15.7 Å². The molecule has 0 saturated carbocycles. The van der Waals surface area contributed by atoms with Crippen LogP contribution in [0.25, 0.3) is 0 Å². The van der Waals surface area contributed by atoms with Crippen molar-refractivity contribution in [2.75, 3.05) is 5.32 Å². The van der Waals surface area contributed by atoms with Gasteiger partial charge in [-0.1, -0.05) is 61.0 Å². The fourth-order valence-corrected chi connectivity index (χ4v) is 4.05. The van der Waals surface area contributed by atoms with Crippen LogP contribution < -0.4 is 10.6 Å². The molecule has 2 N–H and O–H groups in total. The Bertz CT molecular complexity index is 1110. The molecular formula is C23H22ClF3N4O. The van der Waals surface area contributed by atoms with Gasteiger partial charge in [0.15, 0.2) is 6.04 Å². The third-order valence-corrected chi connectivity index (χ3v) is 6.04. The molecule has 1 amide bonds. The highest BCUT2D eigenvalue weighted by Crippen LogP contribution is 2.44.